The average Bonchev–Trinajstić information content (AvgIpc) is 2.14. The molecule has 0 aromatic carbocycles. The van der Waals surface area contributed by atoms with E-state index in [0.29, 0.717) is 19.6 Å². The Labute approximate surface area is 96.4 Å². The minimum atomic E-state index is -0.476. The summed E-state index contributed by atoms with van der Waals surface area (Å²) in [5.41, 5.74) is 0. The Balaban J connectivity index is 3.73. The number of hydrogen-bond acceptors (Lipinski definition) is 5. The van der Waals surface area contributed by atoms with E-state index in [9.17, 15) is 9.59 Å². The highest BCUT2D eigenvalue weighted by Crippen LogP contribution is 1.96. The summed E-state index contributed by atoms with van der Waals surface area (Å²) in [5, 5.41) is 9.07. The van der Waals surface area contributed by atoms with Crippen LogP contribution in [-0.4, -0.2) is 54.6 Å². The lowest BCUT2D eigenvalue weighted by Crippen LogP contribution is -2.29. The van der Waals surface area contributed by atoms with Gasteiger partial charge in [0.2, 0.25) is 0 Å². The maximum atomic E-state index is 11.4. The second-order valence-corrected chi connectivity index (χ2v) is 3.90. The first-order chi connectivity index (χ1) is 7.45. The normalized spacial score (nSPS) is 12.6. The standard InChI is InChI=1S/C11H21NO4/c1-4-16-11(15)7-10(14)8-12(3)6-5-9(2)13/h9,13H,4-8H2,1-3H3. The van der Waals surface area contributed by atoms with Gasteiger partial charge in [-0.1, -0.05) is 0 Å². The fourth-order valence-corrected chi connectivity index (χ4v) is 1.22. The molecule has 0 aromatic rings. The molecule has 94 valence electrons. The average molecular weight is 231 g/mol. The van der Waals surface area contributed by atoms with Crippen molar-refractivity contribution in [2.45, 2.75) is 32.8 Å². The van der Waals surface area contributed by atoms with Crippen LogP contribution in [0.1, 0.15) is 26.7 Å². The fraction of sp³-hybridized carbons (Fsp3) is 0.818. The third kappa shape index (κ3) is 8.38. The molecule has 0 aliphatic rings. The van der Waals surface area contributed by atoms with Crippen molar-refractivity contribution in [3.8, 4) is 0 Å². The lowest BCUT2D eigenvalue weighted by molar-refractivity contribution is -0.145. The monoisotopic (exact) mass is 231 g/mol. The smallest absolute Gasteiger partial charge is 0.313 e. The minimum Gasteiger partial charge on any atom is -0.466 e. The largest absolute Gasteiger partial charge is 0.466 e. The Hall–Kier alpha value is -0.940. The number of hydrogen-bond donors (Lipinski definition) is 1. The van der Waals surface area contributed by atoms with Gasteiger partial charge in [0, 0.05) is 6.54 Å². The van der Waals surface area contributed by atoms with Crippen LogP contribution in [0.4, 0.5) is 0 Å². The maximum Gasteiger partial charge on any atom is 0.313 e. The van der Waals surface area contributed by atoms with Crippen molar-refractivity contribution in [2.24, 2.45) is 0 Å². The Kier molecular flexibility index (Phi) is 7.76. The number of carbonyl (C=O) groups is 2. The summed E-state index contributed by atoms with van der Waals surface area (Å²) in [6, 6.07) is 0. The van der Waals surface area contributed by atoms with E-state index in [1.807, 2.05) is 0 Å². The number of esters is 1. The van der Waals surface area contributed by atoms with Crippen LogP contribution in [0, 0.1) is 0 Å². The molecule has 16 heavy (non-hydrogen) atoms. The van der Waals surface area contributed by atoms with Gasteiger partial charge in [0.1, 0.15) is 6.42 Å². The summed E-state index contributed by atoms with van der Waals surface area (Å²) in [4.78, 5) is 24.2. The zero-order valence-electron chi connectivity index (χ0n) is 10.2. The predicted molar refractivity (Wildman–Crippen MR) is 60.1 cm³/mol. The number of carbonyl (C=O) groups excluding carboxylic acids is 2. The van der Waals surface area contributed by atoms with Crippen LogP contribution in [0.15, 0.2) is 0 Å². The second-order valence-electron chi connectivity index (χ2n) is 3.90. The summed E-state index contributed by atoms with van der Waals surface area (Å²) < 4.78 is 4.67. The number of nitrogens with zero attached hydrogens (tertiary/aromatic N) is 1. The molecular formula is C11H21NO4. The van der Waals surface area contributed by atoms with Crippen LogP contribution < -0.4 is 0 Å². The molecule has 5 nitrogen and oxygen atoms in total. The van der Waals surface area contributed by atoms with Crippen LogP contribution in [0.5, 0.6) is 0 Å². The first kappa shape index (κ1) is 15.1. The topological polar surface area (TPSA) is 66.8 Å². The molecule has 0 amide bonds. The molecule has 0 aliphatic carbocycles. The van der Waals surface area contributed by atoms with E-state index in [2.05, 4.69) is 4.74 Å². The Bertz CT molecular complexity index is 228. The molecule has 0 aromatic heterocycles. The van der Waals surface area contributed by atoms with Crippen LogP contribution in [-0.2, 0) is 14.3 Å². The fourth-order valence-electron chi connectivity index (χ4n) is 1.22. The minimum absolute atomic E-state index is 0.161. The van der Waals surface area contributed by atoms with Gasteiger partial charge in [0.15, 0.2) is 5.78 Å². The van der Waals surface area contributed by atoms with Gasteiger partial charge in [-0.25, -0.2) is 0 Å². The van der Waals surface area contributed by atoms with Crippen molar-refractivity contribution in [3.63, 3.8) is 0 Å². The summed E-state index contributed by atoms with van der Waals surface area (Å²) in [6.45, 7) is 4.55. The van der Waals surface area contributed by atoms with Gasteiger partial charge in [-0.3, -0.25) is 14.5 Å². The van der Waals surface area contributed by atoms with Gasteiger partial charge < -0.3 is 9.84 Å². The molecule has 1 atom stereocenters. The number of rotatable bonds is 8. The highest BCUT2D eigenvalue weighted by Gasteiger charge is 2.12. The van der Waals surface area contributed by atoms with Crippen molar-refractivity contribution in [2.75, 3.05) is 26.7 Å². The van der Waals surface area contributed by atoms with Crippen molar-refractivity contribution in [1.82, 2.24) is 4.90 Å². The molecule has 1 N–H and O–H groups in total. The number of ether oxygens (including phenoxy) is 1. The molecule has 0 saturated heterocycles. The number of aliphatic hydroxyl groups is 1. The van der Waals surface area contributed by atoms with E-state index in [1.165, 1.54) is 0 Å². The molecule has 0 heterocycles. The van der Waals surface area contributed by atoms with E-state index in [1.54, 1.807) is 25.8 Å². The number of likely N-dealkylation sites (N-methyl/N-ethyl adjacent to an activating group) is 1. The van der Waals surface area contributed by atoms with E-state index in [-0.39, 0.29) is 24.9 Å². The Morgan fingerprint density at radius 1 is 1.44 bits per heavy atom. The maximum absolute atomic E-state index is 11.4. The van der Waals surface area contributed by atoms with E-state index >= 15 is 0 Å². The number of Topliss-reactive ketones (excluding diaryl/α,β-unsaturated/α-hetero) is 1. The van der Waals surface area contributed by atoms with E-state index in [0.717, 1.165) is 0 Å². The third-order valence-corrected chi connectivity index (χ3v) is 2.02. The van der Waals surface area contributed by atoms with Crippen LogP contribution in [0.3, 0.4) is 0 Å². The first-order valence-electron chi connectivity index (χ1n) is 5.49. The van der Waals surface area contributed by atoms with E-state index in [4.69, 9.17) is 5.11 Å². The molecular weight excluding hydrogens is 210 g/mol. The zero-order chi connectivity index (χ0) is 12.6. The molecule has 0 radical (unpaired) electrons. The summed E-state index contributed by atoms with van der Waals surface area (Å²) in [5.74, 6) is -0.636. The molecule has 0 saturated carbocycles. The lowest BCUT2D eigenvalue weighted by atomic mass is 10.2. The van der Waals surface area contributed by atoms with Crippen LogP contribution >= 0.6 is 0 Å². The van der Waals surface area contributed by atoms with Gasteiger partial charge in [0.25, 0.3) is 0 Å². The summed E-state index contributed by atoms with van der Waals surface area (Å²) >= 11 is 0. The third-order valence-electron chi connectivity index (χ3n) is 2.02. The van der Waals surface area contributed by atoms with Gasteiger partial charge >= 0.3 is 5.97 Å². The van der Waals surface area contributed by atoms with E-state index < -0.39 is 5.97 Å². The highest BCUT2D eigenvalue weighted by molar-refractivity contribution is 5.96. The van der Waals surface area contributed by atoms with Gasteiger partial charge in [-0.15, -0.1) is 0 Å². The van der Waals surface area contributed by atoms with Gasteiger partial charge in [0.05, 0.1) is 19.3 Å². The Morgan fingerprint density at radius 3 is 2.56 bits per heavy atom. The summed E-state index contributed by atoms with van der Waals surface area (Å²) in [6.07, 6.45) is 0.0679. The summed E-state index contributed by atoms with van der Waals surface area (Å²) in [7, 11) is 1.78. The van der Waals surface area contributed by atoms with Crippen molar-refractivity contribution < 1.29 is 19.4 Å². The Morgan fingerprint density at radius 2 is 2.06 bits per heavy atom. The van der Waals surface area contributed by atoms with Gasteiger partial charge in [-0.05, 0) is 27.3 Å². The molecule has 5 heteroatoms. The number of aliphatic hydroxyl groups excluding tert-OH is 1. The second kappa shape index (κ2) is 8.24. The quantitative estimate of drug-likeness (QED) is 0.478. The van der Waals surface area contributed by atoms with Crippen molar-refractivity contribution in [1.29, 1.82) is 0 Å². The first-order valence-corrected chi connectivity index (χ1v) is 5.49. The van der Waals surface area contributed by atoms with Crippen LogP contribution in [0.25, 0.3) is 0 Å². The molecule has 1 unspecified atom stereocenters. The van der Waals surface area contributed by atoms with Gasteiger partial charge in [-0.2, -0.15) is 0 Å². The SMILES string of the molecule is CCOC(=O)CC(=O)CN(C)CCC(C)O. The highest BCUT2D eigenvalue weighted by atomic mass is 16.5. The van der Waals surface area contributed by atoms with Crippen molar-refractivity contribution in [3.05, 3.63) is 0 Å². The number of ketones is 1. The molecule has 0 fully saturated rings. The lowest BCUT2D eigenvalue weighted by Gasteiger charge is -2.16. The molecule has 0 rings (SSSR count). The van der Waals surface area contributed by atoms with Crippen LogP contribution in [0.2, 0.25) is 0 Å². The zero-order valence-corrected chi connectivity index (χ0v) is 10.2. The van der Waals surface area contributed by atoms with Crippen molar-refractivity contribution >= 4 is 11.8 Å². The molecule has 0 spiro atoms. The molecule has 0 aliphatic heterocycles. The molecule has 0 bridgehead atoms. The predicted octanol–water partition coefficient (Wildman–Crippen LogP) is 0.211.